The number of piperazine rings is 1. The molecule has 2 amide bonds. The lowest BCUT2D eigenvalue weighted by Crippen LogP contribution is -2.50. The van der Waals surface area contributed by atoms with Crippen molar-refractivity contribution >= 4 is 6.03 Å². The zero-order valence-corrected chi connectivity index (χ0v) is 14.5. The van der Waals surface area contributed by atoms with Crippen LogP contribution in [0, 0.1) is 0 Å². The molecule has 0 atom stereocenters. The maximum absolute atomic E-state index is 12.3. The van der Waals surface area contributed by atoms with Crippen molar-refractivity contribution in [3.63, 3.8) is 0 Å². The first-order valence-electron chi connectivity index (χ1n) is 9.12. The first-order valence-corrected chi connectivity index (χ1v) is 9.12. The monoisotopic (exact) mass is 343 g/mol. The van der Waals surface area contributed by atoms with E-state index in [2.05, 4.69) is 22.3 Å². The molecule has 2 fully saturated rings. The molecular formula is C19H25N3O3. The van der Waals surface area contributed by atoms with Gasteiger partial charge in [0.2, 0.25) is 6.79 Å². The highest BCUT2D eigenvalue weighted by Gasteiger charge is 2.21. The van der Waals surface area contributed by atoms with Gasteiger partial charge in [0.05, 0.1) is 0 Å². The smallest absolute Gasteiger partial charge is 0.321 e. The maximum Gasteiger partial charge on any atom is 0.321 e. The molecule has 6 nitrogen and oxygen atoms in total. The molecule has 1 aromatic carbocycles. The van der Waals surface area contributed by atoms with Crippen molar-refractivity contribution in [3.8, 4) is 11.5 Å². The predicted molar refractivity (Wildman–Crippen MR) is 94.5 cm³/mol. The molecule has 0 spiro atoms. The first kappa shape index (κ1) is 16.3. The SMILES string of the molecule is O=C(NC=C1CCCC1)N1CCN(Cc2ccc3c(c2)OCO3)CC1. The number of carbonyl (C=O) groups is 1. The minimum Gasteiger partial charge on any atom is -0.454 e. The Labute approximate surface area is 148 Å². The zero-order chi connectivity index (χ0) is 17.1. The minimum atomic E-state index is 0.0297. The van der Waals surface area contributed by atoms with Crippen LogP contribution in [0.4, 0.5) is 4.79 Å². The molecule has 1 saturated heterocycles. The Kier molecular flexibility index (Phi) is 4.78. The van der Waals surface area contributed by atoms with Gasteiger partial charge >= 0.3 is 6.03 Å². The summed E-state index contributed by atoms with van der Waals surface area (Å²) in [5, 5.41) is 2.96. The van der Waals surface area contributed by atoms with Crippen molar-refractivity contribution in [2.75, 3.05) is 33.0 Å². The molecule has 0 radical (unpaired) electrons. The number of amides is 2. The van der Waals surface area contributed by atoms with Crippen LogP contribution in [-0.2, 0) is 6.54 Å². The van der Waals surface area contributed by atoms with Crippen LogP contribution < -0.4 is 14.8 Å². The van der Waals surface area contributed by atoms with Crippen LogP contribution in [0.2, 0.25) is 0 Å². The lowest BCUT2D eigenvalue weighted by Gasteiger charge is -2.34. The van der Waals surface area contributed by atoms with Gasteiger partial charge < -0.3 is 19.7 Å². The summed E-state index contributed by atoms with van der Waals surface area (Å²) < 4.78 is 10.8. The number of carbonyl (C=O) groups excluding carboxylic acids is 1. The molecule has 1 saturated carbocycles. The molecule has 134 valence electrons. The fourth-order valence-electron chi connectivity index (χ4n) is 3.64. The molecule has 0 bridgehead atoms. The largest absolute Gasteiger partial charge is 0.454 e. The van der Waals surface area contributed by atoms with E-state index in [1.807, 2.05) is 17.2 Å². The average molecular weight is 343 g/mol. The topological polar surface area (TPSA) is 54.0 Å². The first-order chi connectivity index (χ1) is 12.3. The van der Waals surface area contributed by atoms with E-state index in [1.54, 1.807) is 0 Å². The number of nitrogens with zero attached hydrogens (tertiary/aromatic N) is 2. The Morgan fingerprint density at radius 2 is 1.84 bits per heavy atom. The Morgan fingerprint density at radius 1 is 1.08 bits per heavy atom. The van der Waals surface area contributed by atoms with E-state index in [0.29, 0.717) is 6.79 Å². The molecule has 1 N–H and O–H groups in total. The predicted octanol–water partition coefficient (Wildman–Crippen LogP) is 2.70. The number of benzene rings is 1. The number of ether oxygens (including phenoxy) is 2. The summed E-state index contributed by atoms with van der Waals surface area (Å²) in [5.41, 5.74) is 2.59. The molecule has 1 aliphatic carbocycles. The van der Waals surface area contributed by atoms with Crippen LogP contribution in [0.15, 0.2) is 30.0 Å². The number of rotatable bonds is 3. The summed E-state index contributed by atoms with van der Waals surface area (Å²) in [4.78, 5) is 16.5. The fourth-order valence-corrected chi connectivity index (χ4v) is 3.64. The number of hydrogen-bond acceptors (Lipinski definition) is 4. The van der Waals surface area contributed by atoms with E-state index in [9.17, 15) is 4.79 Å². The summed E-state index contributed by atoms with van der Waals surface area (Å²) in [7, 11) is 0. The Balaban J connectivity index is 1.25. The van der Waals surface area contributed by atoms with Gasteiger partial charge in [0.1, 0.15) is 0 Å². The number of urea groups is 1. The quantitative estimate of drug-likeness (QED) is 0.917. The summed E-state index contributed by atoms with van der Waals surface area (Å²) in [6.07, 6.45) is 6.68. The van der Waals surface area contributed by atoms with E-state index >= 15 is 0 Å². The van der Waals surface area contributed by atoms with Crippen molar-refractivity contribution in [3.05, 3.63) is 35.5 Å². The van der Waals surface area contributed by atoms with Gasteiger partial charge in [0, 0.05) is 38.9 Å². The van der Waals surface area contributed by atoms with Gasteiger partial charge in [-0.3, -0.25) is 4.90 Å². The molecule has 0 unspecified atom stereocenters. The zero-order valence-electron chi connectivity index (χ0n) is 14.5. The number of fused-ring (bicyclic) bond motifs is 1. The van der Waals surface area contributed by atoms with E-state index in [0.717, 1.165) is 57.1 Å². The highest BCUT2D eigenvalue weighted by molar-refractivity contribution is 5.75. The van der Waals surface area contributed by atoms with Crippen LogP contribution in [0.3, 0.4) is 0 Å². The van der Waals surface area contributed by atoms with Crippen LogP contribution in [0.5, 0.6) is 11.5 Å². The van der Waals surface area contributed by atoms with E-state index in [4.69, 9.17) is 9.47 Å². The number of hydrogen-bond donors (Lipinski definition) is 1. The summed E-state index contributed by atoms with van der Waals surface area (Å²) >= 11 is 0. The number of allylic oxidation sites excluding steroid dienone is 1. The molecule has 3 aliphatic rings. The van der Waals surface area contributed by atoms with E-state index in [1.165, 1.54) is 24.0 Å². The normalized spacial score (nSPS) is 20.0. The Bertz CT molecular complexity index is 658. The minimum absolute atomic E-state index is 0.0297. The standard InChI is InChI=1S/C19H25N3O3/c23-19(20-12-15-3-1-2-4-15)22-9-7-21(8-10-22)13-16-5-6-17-18(11-16)25-14-24-17/h5-6,11-12H,1-4,7-10,13-14H2,(H,20,23). The van der Waals surface area contributed by atoms with Gasteiger partial charge in [-0.2, -0.15) is 0 Å². The molecule has 4 rings (SSSR count). The van der Waals surface area contributed by atoms with Gasteiger partial charge in [-0.05, 0) is 43.4 Å². The van der Waals surface area contributed by atoms with Crippen LogP contribution in [0.1, 0.15) is 31.2 Å². The summed E-state index contributed by atoms with van der Waals surface area (Å²) in [5.74, 6) is 1.65. The van der Waals surface area contributed by atoms with Crippen molar-refractivity contribution in [2.24, 2.45) is 0 Å². The molecular weight excluding hydrogens is 318 g/mol. The summed E-state index contributed by atoms with van der Waals surface area (Å²) in [6.45, 7) is 4.48. The third kappa shape index (κ3) is 3.90. The highest BCUT2D eigenvalue weighted by atomic mass is 16.7. The molecule has 2 heterocycles. The third-order valence-electron chi connectivity index (χ3n) is 5.15. The highest BCUT2D eigenvalue weighted by Crippen LogP contribution is 2.32. The summed E-state index contributed by atoms with van der Waals surface area (Å²) in [6, 6.07) is 6.13. The van der Waals surface area contributed by atoms with Crippen LogP contribution >= 0.6 is 0 Å². The second-order valence-corrected chi connectivity index (χ2v) is 6.91. The molecule has 0 aromatic heterocycles. The van der Waals surface area contributed by atoms with Crippen LogP contribution in [0.25, 0.3) is 0 Å². The lowest BCUT2D eigenvalue weighted by molar-refractivity contribution is 0.137. The number of nitrogens with one attached hydrogen (secondary N) is 1. The van der Waals surface area contributed by atoms with Gasteiger partial charge in [-0.1, -0.05) is 11.6 Å². The van der Waals surface area contributed by atoms with Gasteiger partial charge in [-0.15, -0.1) is 0 Å². The molecule has 1 aromatic rings. The van der Waals surface area contributed by atoms with Gasteiger partial charge in [0.15, 0.2) is 11.5 Å². The third-order valence-corrected chi connectivity index (χ3v) is 5.15. The Hall–Kier alpha value is -2.21. The van der Waals surface area contributed by atoms with Crippen molar-refractivity contribution in [2.45, 2.75) is 32.2 Å². The van der Waals surface area contributed by atoms with E-state index in [-0.39, 0.29) is 6.03 Å². The van der Waals surface area contributed by atoms with Crippen molar-refractivity contribution in [1.82, 2.24) is 15.1 Å². The maximum atomic E-state index is 12.3. The van der Waals surface area contributed by atoms with Crippen molar-refractivity contribution in [1.29, 1.82) is 0 Å². The second kappa shape index (κ2) is 7.35. The second-order valence-electron chi connectivity index (χ2n) is 6.91. The average Bonchev–Trinajstić information content (AvgIpc) is 3.31. The molecule has 25 heavy (non-hydrogen) atoms. The van der Waals surface area contributed by atoms with E-state index < -0.39 is 0 Å². The Morgan fingerprint density at radius 3 is 2.64 bits per heavy atom. The molecule has 2 aliphatic heterocycles. The van der Waals surface area contributed by atoms with Crippen molar-refractivity contribution < 1.29 is 14.3 Å². The van der Waals surface area contributed by atoms with Crippen LogP contribution in [-0.4, -0.2) is 48.8 Å². The fraction of sp³-hybridized carbons (Fsp3) is 0.526. The van der Waals surface area contributed by atoms with Gasteiger partial charge in [-0.25, -0.2) is 4.79 Å². The van der Waals surface area contributed by atoms with Gasteiger partial charge in [0.25, 0.3) is 0 Å². The molecule has 6 heteroatoms. The lowest BCUT2D eigenvalue weighted by atomic mass is 10.1.